The molecule has 2 heterocycles. The maximum absolute atomic E-state index is 5.90. The van der Waals surface area contributed by atoms with E-state index in [9.17, 15) is 0 Å². The van der Waals surface area contributed by atoms with Gasteiger partial charge in [0, 0.05) is 23.7 Å². The zero-order valence-electron chi connectivity index (χ0n) is 15.8. The van der Waals surface area contributed by atoms with Crippen molar-refractivity contribution in [2.24, 2.45) is 4.99 Å². The Kier molecular flexibility index (Phi) is 5.05. The van der Waals surface area contributed by atoms with Crippen LogP contribution in [-0.2, 0) is 6.42 Å². The van der Waals surface area contributed by atoms with E-state index in [1.807, 2.05) is 49.4 Å². The Hall–Kier alpha value is -2.88. The molecular weight excluding hydrogens is 336 g/mol. The maximum atomic E-state index is 5.90. The molecule has 2 aromatic carbocycles. The molecule has 1 atom stereocenters. The molecule has 0 saturated heterocycles. The van der Waals surface area contributed by atoms with Crippen LogP contribution in [-0.4, -0.2) is 23.3 Å². The van der Waals surface area contributed by atoms with Gasteiger partial charge in [0.15, 0.2) is 0 Å². The Morgan fingerprint density at radius 1 is 1.04 bits per heavy atom. The summed E-state index contributed by atoms with van der Waals surface area (Å²) in [6.45, 7) is 4.69. The lowest BCUT2D eigenvalue weighted by Crippen LogP contribution is -2.03. The molecule has 0 saturated carbocycles. The minimum atomic E-state index is 0.447. The van der Waals surface area contributed by atoms with Gasteiger partial charge in [-0.1, -0.05) is 18.2 Å². The lowest BCUT2D eigenvalue weighted by molar-refractivity contribution is 0.320. The van der Waals surface area contributed by atoms with E-state index in [4.69, 9.17) is 9.15 Å². The van der Waals surface area contributed by atoms with Gasteiger partial charge in [-0.15, -0.1) is 0 Å². The van der Waals surface area contributed by atoms with E-state index < -0.39 is 0 Å². The fraction of sp³-hybridized carbons (Fsp3) is 0.304. The van der Waals surface area contributed by atoms with Crippen LogP contribution in [0.4, 0.5) is 0 Å². The van der Waals surface area contributed by atoms with Crippen molar-refractivity contribution < 1.29 is 9.15 Å². The van der Waals surface area contributed by atoms with Gasteiger partial charge in [-0.2, -0.15) is 0 Å². The van der Waals surface area contributed by atoms with Gasteiger partial charge in [-0.05, 0) is 68.7 Å². The number of aryl methyl sites for hydroxylation is 1. The minimum Gasteiger partial charge on any atom is -0.493 e. The molecule has 0 spiro atoms. The lowest BCUT2D eigenvalue weighted by atomic mass is 10.1. The first kappa shape index (κ1) is 17.5. The van der Waals surface area contributed by atoms with Gasteiger partial charge in [0.05, 0.1) is 12.3 Å². The summed E-state index contributed by atoms with van der Waals surface area (Å²) < 4.78 is 11.7. The number of hydrogen-bond acceptors (Lipinski definition) is 4. The highest BCUT2D eigenvalue weighted by molar-refractivity contribution is 6.01. The molecule has 1 unspecified atom stereocenters. The molecular formula is C23H24N2O2. The van der Waals surface area contributed by atoms with Crippen molar-refractivity contribution in [1.29, 1.82) is 0 Å². The van der Waals surface area contributed by atoms with Crippen LogP contribution in [0.25, 0.3) is 11.5 Å². The first-order valence-electron chi connectivity index (χ1n) is 9.50. The van der Waals surface area contributed by atoms with Crippen LogP contribution < -0.4 is 4.74 Å². The standard InChI is InChI=1S/C23H24N2O2/c1-16-8-13-22(24-16)18-9-11-20(12-10-18)26-15-14-21-17(2)27-23(25-21)19-6-4-3-5-7-19/h3-7,9-12,16H,8,13-15H2,1-2H3. The molecule has 0 fully saturated rings. The summed E-state index contributed by atoms with van der Waals surface area (Å²) in [5.74, 6) is 2.38. The summed E-state index contributed by atoms with van der Waals surface area (Å²) >= 11 is 0. The number of hydrogen-bond donors (Lipinski definition) is 0. The van der Waals surface area contributed by atoms with Gasteiger partial charge in [0.25, 0.3) is 0 Å². The molecule has 1 aliphatic heterocycles. The van der Waals surface area contributed by atoms with Crippen molar-refractivity contribution in [3.05, 3.63) is 71.6 Å². The van der Waals surface area contributed by atoms with E-state index in [0.717, 1.165) is 35.6 Å². The number of ether oxygens (including phenoxy) is 1. The summed E-state index contributed by atoms with van der Waals surface area (Å²) in [6.07, 6.45) is 2.93. The molecule has 0 radical (unpaired) electrons. The fourth-order valence-corrected chi connectivity index (χ4v) is 3.33. The summed E-state index contributed by atoms with van der Waals surface area (Å²) in [4.78, 5) is 9.31. The van der Waals surface area contributed by atoms with Crippen molar-refractivity contribution in [2.75, 3.05) is 6.61 Å². The van der Waals surface area contributed by atoms with Crippen LogP contribution in [0, 0.1) is 6.92 Å². The topological polar surface area (TPSA) is 47.6 Å². The van der Waals surface area contributed by atoms with Gasteiger partial charge in [0.2, 0.25) is 5.89 Å². The summed E-state index contributed by atoms with van der Waals surface area (Å²) in [5, 5.41) is 0. The van der Waals surface area contributed by atoms with Crippen LogP contribution >= 0.6 is 0 Å². The van der Waals surface area contributed by atoms with E-state index in [1.54, 1.807) is 0 Å². The van der Waals surface area contributed by atoms with E-state index in [-0.39, 0.29) is 0 Å². The van der Waals surface area contributed by atoms with Gasteiger partial charge in [0.1, 0.15) is 11.5 Å². The second-order valence-corrected chi connectivity index (χ2v) is 6.97. The lowest BCUT2D eigenvalue weighted by Gasteiger charge is -2.06. The van der Waals surface area contributed by atoms with Crippen LogP contribution in [0.5, 0.6) is 5.75 Å². The maximum Gasteiger partial charge on any atom is 0.226 e. The third-order valence-corrected chi connectivity index (χ3v) is 4.88. The molecule has 4 heteroatoms. The molecule has 1 aliphatic rings. The van der Waals surface area contributed by atoms with E-state index in [0.29, 0.717) is 25.0 Å². The Morgan fingerprint density at radius 3 is 2.52 bits per heavy atom. The molecule has 3 aromatic rings. The zero-order valence-corrected chi connectivity index (χ0v) is 15.8. The van der Waals surface area contributed by atoms with Crippen LogP contribution in [0.3, 0.4) is 0 Å². The number of aliphatic imine (C=N–C) groups is 1. The van der Waals surface area contributed by atoms with Crippen molar-refractivity contribution in [2.45, 2.75) is 39.2 Å². The Balaban J connectivity index is 1.35. The van der Waals surface area contributed by atoms with E-state index >= 15 is 0 Å². The molecule has 4 rings (SSSR count). The third kappa shape index (κ3) is 4.11. The van der Waals surface area contributed by atoms with Gasteiger partial charge in [-0.3, -0.25) is 4.99 Å². The second-order valence-electron chi connectivity index (χ2n) is 6.97. The summed E-state index contributed by atoms with van der Waals surface area (Å²) in [7, 11) is 0. The quantitative estimate of drug-likeness (QED) is 0.604. The van der Waals surface area contributed by atoms with Crippen molar-refractivity contribution in [1.82, 2.24) is 4.98 Å². The number of nitrogens with zero attached hydrogens (tertiary/aromatic N) is 2. The zero-order chi connectivity index (χ0) is 18.6. The Labute approximate surface area is 159 Å². The van der Waals surface area contributed by atoms with E-state index in [2.05, 4.69) is 29.0 Å². The highest BCUT2D eigenvalue weighted by atomic mass is 16.5. The molecule has 138 valence electrons. The normalized spacial score (nSPS) is 16.4. The third-order valence-electron chi connectivity index (χ3n) is 4.88. The largest absolute Gasteiger partial charge is 0.493 e. The molecule has 4 nitrogen and oxygen atoms in total. The van der Waals surface area contributed by atoms with Crippen LogP contribution in [0.1, 0.15) is 36.8 Å². The predicted octanol–water partition coefficient (Wildman–Crippen LogP) is 5.24. The van der Waals surface area contributed by atoms with Crippen LogP contribution in [0.2, 0.25) is 0 Å². The second kappa shape index (κ2) is 7.78. The number of aromatic nitrogens is 1. The number of oxazole rings is 1. The SMILES string of the molecule is Cc1oc(-c2ccccc2)nc1CCOc1ccc(C2=NC(C)CC2)cc1. The van der Waals surface area contributed by atoms with Crippen molar-refractivity contribution in [3.63, 3.8) is 0 Å². The van der Waals surface area contributed by atoms with Gasteiger partial charge < -0.3 is 9.15 Å². The van der Waals surface area contributed by atoms with Gasteiger partial charge >= 0.3 is 0 Å². The Morgan fingerprint density at radius 2 is 1.81 bits per heavy atom. The molecule has 27 heavy (non-hydrogen) atoms. The first-order valence-corrected chi connectivity index (χ1v) is 9.50. The average Bonchev–Trinajstić information content (AvgIpc) is 3.29. The fourth-order valence-electron chi connectivity index (χ4n) is 3.33. The molecule has 0 bridgehead atoms. The Bertz CT molecular complexity index is 927. The summed E-state index contributed by atoms with van der Waals surface area (Å²) in [6, 6.07) is 18.6. The van der Waals surface area contributed by atoms with E-state index in [1.165, 1.54) is 11.3 Å². The van der Waals surface area contributed by atoms with Crippen molar-refractivity contribution in [3.8, 4) is 17.2 Å². The molecule has 0 aliphatic carbocycles. The molecule has 0 amide bonds. The van der Waals surface area contributed by atoms with Gasteiger partial charge in [-0.25, -0.2) is 4.98 Å². The van der Waals surface area contributed by atoms with Crippen molar-refractivity contribution >= 4 is 5.71 Å². The number of rotatable bonds is 6. The smallest absolute Gasteiger partial charge is 0.226 e. The first-order chi connectivity index (χ1) is 13.2. The number of benzene rings is 2. The monoisotopic (exact) mass is 360 g/mol. The summed E-state index contributed by atoms with van der Waals surface area (Å²) in [5.41, 5.74) is 4.35. The average molecular weight is 360 g/mol. The predicted molar refractivity (Wildman–Crippen MR) is 108 cm³/mol. The minimum absolute atomic E-state index is 0.447. The van der Waals surface area contributed by atoms with Crippen LogP contribution in [0.15, 0.2) is 64.0 Å². The molecule has 1 aromatic heterocycles. The highest BCUT2D eigenvalue weighted by Crippen LogP contribution is 2.23. The highest BCUT2D eigenvalue weighted by Gasteiger charge is 2.15. The molecule has 0 N–H and O–H groups in total.